The summed E-state index contributed by atoms with van der Waals surface area (Å²) in [7, 11) is 0. The molecule has 1 aromatic rings. The average Bonchev–Trinajstić information content (AvgIpc) is 2.77. The molecule has 1 saturated carbocycles. The van der Waals surface area contributed by atoms with Gasteiger partial charge in [-0.1, -0.05) is 26.2 Å². The van der Waals surface area contributed by atoms with Crippen molar-refractivity contribution in [1.82, 2.24) is 5.32 Å². The van der Waals surface area contributed by atoms with E-state index in [4.69, 9.17) is 4.42 Å². The first-order valence-electron chi connectivity index (χ1n) is 6.66. The van der Waals surface area contributed by atoms with Gasteiger partial charge in [0.2, 0.25) is 0 Å². The zero-order valence-electron chi connectivity index (χ0n) is 10.0. The van der Waals surface area contributed by atoms with E-state index in [9.17, 15) is 0 Å². The first-order valence-corrected chi connectivity index (χ1v) is 6.66. The van der Waals surface area contributed by atoms with E-state index < -0.39 is 0 Å². The maximum atomic E-state index is 5.71. The van der Waals surface area contributed by atoms with E-state index >= 15 is 0 Å². The minimum atomic E-state index is 0.481. The number of rotatable bonds is 1. The predicted octanol–water partition coefficient (Wildman–Crippen LogP) is 3.29. The van der Waals surface area contributed by atoms with Gasteiger partial charge in [-0.15, -0.1) is 0 Å². The molecule has 0 saturated heterocycles. The topological polar surface area (TPSA) is 25.2 Å². The van der Waals surface area contributed by atoms with Gasteiger partial charge in [0, 0.05) is 0 Å². The molecule has 1 aliphatic heterocycles. The molecule has 16 heavy (non-hydrogen) atoms. The Morgan fingerprint density at radius 1 is 1.31 bits per heavy atom. The van der Waals surface area contributed by atoms with Gasteiger partial charge in [0.1, 0.15) is 5.76 Å². The Kier molecular flexibility index (Phi) is 2.76. The lowest BCUT2D eigenvalue weighted by Gasteiger charge is -2.37. The fourth-order valence-corrected chi connectivity index (χ4v) is 3.47. The van der Waals surface area contributed by atoms with Gasteiger partial charge < -0.3 is 9.73 Å². The van der Waals surface area contributed by atoms with Crippen LogP contribution in [0.5, 0.6) is 0 Å². The van der Waals surface area contributed by atoms with Gasteiger partial charge in [0.25, 0.3) is 0 Å². The number of hydrogen-bond donors (Lipinski definition) is 1. The summed E-state index contributed by atoms with van der Waals surface area (Å²) in [6, 6.07) is 2.63. The van der Waals surface area contributed by atoms with Crippen molar-refractivity contribution in [3.05, 3.63) is 23.7 Å². The molecule has 3 rings (SSSR count). The summed E-state index contributed by atoms with van der Waals surface area (Å²) in [5.41, 5.74) is 1.43. The molecule has 0 bridgehead atoms. The van der Waals surface area contributed by atoms with Crippen LogP contribution in [0.1, 0.15) is 50.0 Å². The SMILES string of the molecule is CC1CCCCC1C1NCCc2ccoc21. The molecule has 0 radical (unpaired) electrons. The van der Waals surface area contributed by atoms with E-state index in [1.54, 1.807) is 0 Å². The number of nitrogens with one attached hydrogen (secondary N) is 1. The fourth-order valence-electron chi connectivity index (χ4n) is 3.47. The van der Waals surface area contributed by atoms with Gasteiger partial charge in [0.05, 0.1) is 12.3 Å². The first kappa shape index (κ1) is 10.4. The van der Waals surface area contributed by atoms with Crippen molar-refractivity contribution >= 4 is 0 Å². The van der Waals surface area contributed by atoms with Crippen molar-refractivity contribution in [2.45, 2.75) is 45.1 Å². The predicted molar refractivity (Wildman–Crippen MR) is 64.3 cm³/mol. The van der Waals surface area contributed by atoms with Crippen molar-refractivity contribution in [2.24, 2.45) is 11.8 Å². The van der Waals surface area contributed by atoms with Crippen molar-refractivity contribution in [3.8, 4) is 0 Å². The Balaban J connectivity index is 1.85. The third kappa shape index (κ3) is 1.69. The second-order valence-electron chi connectivity index (χ2n) is 5.42. The third-order valence-corrected chi connectivity index (χ3v) is 4.43. The molecule has 2 aliphatic rings. The van der Waals surface area contributed by atoms with Gasteiger partial charge in [0.15, 0.2) is 0 Å². The van der Waals surface area contributed by atoms with E-state index in [1.165, 1.54) is 37.0 Å². The Hall–Kier alpha value is -0.760. The molecule has 88 valence electrons. The van der Waals surface area contributed by atoms with Crippen LogP contribution in [-0.4, -0.2) is 6.54 Å². The van der Waals surface area contributed by atoms with Crippen LogP contribution in [0, 0.1) is 11.8 Å². The second kappa shape index (κ2) is 4.25. The lowest BCUT2D eigenvalue weighted by Crippen LogP contribution is -2.37. The molecule has 1 N–H and O–H groups in total. The lowest BCUT2D eigenvalue weighted by molar-refractivity contribution is 0.172. The molecule has 3 unspecified atom stereocenters. The van der Waals surface area contributed by atoms with Gasteiger partial charge >= 0.3 is 0 Å². The summed E-state index contributed by atoms with van der Waals surface area (Å²) in [4.78, 5) is 0. The Labute approximate surface area is 97.4 Å². The van der Waals surface area contributed by atoms with Crippen molar-refractivity contribution in [1.29, 1.82) is 0 Å². The number of hydrogen-bond acceptors (Lipinski definition) is 2. The highest BCUT2D eigenvalue weighted by atomic mass is 16.3. The lowest BCUT2D eigenvalue weighted by atomic mass is 9.74. The number of fused-ring (bicyclic) bond motifs is 1. The monoisotopic (exact) mass is 219 g/mol. The normalized spacial score (nSPS) is 34.7. The number of furan rings is 1. The van der Waals surface area contributed by atoms with Crippen LogP contribution in [-0.2, 0) is 6.42 Å². The minimum Gasteiger partial charge on any atom is -0.467 e. The molecule has 3 atom stereocenters. The molecule has 0 aromatic carbocycles. The summed E-state index contributed by atoms with van der Waals surface area (Å²) < 4.78 is 5.71. The van der Waals surface area contributed by atoms with E-state index in [1.807, 2.05) is 6.26 Å². The van der Waals surface area contributed by atoms with Crippen molar-refractivity contribution in [3.63, 3.8) is 0 Å². The first-order chi connectivity index (χ1) is 7.86. The molecule has 2 heterocycles. The quantitative estimate of drug-likeness (QED) is 0.784. The van der Waals surface area contributed by atoms with Crippen molar-refractivity contribution < 1.29 is 4.42 Å². The van der Waals surface area contributed by atoms with E-state index in [2.05, 4.69) is 18.3 Å². The summed E-state index contributed by atoms with van der Waals surface area (Å²) in [5, 5.41) is 3.67. The molecular weight excluding hydrogens is 198 g/mol. The molecule has 0 amide bonds. The van der Waals surface area contributed by atoms with E-state index in [0.717, 1.165) is 24.8 Å². The molecule has 1 aliphatic carbocycles. The Bertz CT molecular complexity index is 357. The maximum absolute atomic E-state index is 5.71. The Morgan fingerprint density at radius 2 is 2.19 bits per heavy atom. The van der Waals surface area contributed by atoms with Crippen LogP contribution >= 0.6 is 0 Å². The van der Waals surface area contributed by atoms with Gasteiger partial charge in [-0.25, -0.2) is 0 Å². The summed E-state index contributed by atoms with van der Waals surface area (Å²) in [6.45, 7) is 3.52. The van der Waals surface area contributed by atoms with E-state index in [0.29, 0.717) is 6.04 Å². The van der Waals surface area contributed by atoms with Crippen LogP contribution in [0.4, 0.5) is 0 Å². The second-order valence-corrected chi connectivity index (χ2v) is 5.42. The van der Waals surface area contributed by atoms with Gasteiger partial charge in [-0.3, -0.25) is 0 Å². The van der Waals surface area contributed by atoms with Crippen LogP contribution in [0.3, 0.4) is 0 Å². The van der Waals surface area contributed by atoms with Gasteiger partial charge in [-0.05, 0) is 42.9 Å². The molecule has 1 fully saturated rings. The highest BCUT2D eigenvalue weighted by Crippen LogP contribution is 2.40. The standard InChI is InChI=1S/C14H21NO/c1-10-4-2-3-5-12(10)13-14-11(6-8-15-13)7-9-16-14/h7,9-10,12-13,15H,2-6,8H2,1H3. The molecular formula is C14H21NO. The Morgan fingerprint density at radius 3 is 3.06 bits per heavy atom. The molecule has 0 spiro atoms. The molecule has 2 nitrogen and oxygen atoms in total. The van der Waals surface area contributed by atoms with Crippen LogP contribution in [0.25, 0.3) is 0 Å². The van der Waals surface area contributed by atoms with E-state index in [-0.39, 0.29) is 0 Å². The third-order valence-electron chi connectivity index (χ3n) is 4.43. The fraction of sp³-hybridized carbons (Fsp3) is 0.714. The maximum Gasteiger partial charge on any atom is 0.124 e. The highest BCUT2D eigenvalue weighted by Gasteiger charge is 2.34. The highest BCUT2D eigenvalue weighted by molar-refractivity contribution is 5.24. The van der Waals surface area contributed by atoms with Crippen LogP contribution in [0.2, 0.25) is 0 Å². The van der Waals surface area contributed by atoms with Crippen LogP contribution in [0.15, 0.2) is 16.7 Å². The largest absolute Gasteiger partial charge is 0.467 e. The zero-order valence-corrected chi connectivity index (χ0v) is 10.0. The minimum absolute atomic E-state index is 0.481. The summed E-state index contributed by atoms with van der Waals surface area (Å²) in [5.74, 6) is 2.84. The summed E-state index contributed by atoms with van der Waals surface area (Å²) in [6.07, 6.45) is 8.54. The molecule has 2 heteroatoms. The summed E-state index contributed by atoms with van der Waals surface area (Å²) >= 11 is 0. The average molecular weight is 219 g/mol. The van der Waals surface area contributed by atoms with Crippen molar-refractivity contribution in [2.75, 3.05) is 6.54 Å². The smallest absolute Gasteiger partial charge is 0.124 e. The van der Waals surface area contributed by atoms with Crippen LogP contribution < -0.4 is 5.32 Å². The zero-order chi connectivity index (χ0) is 11.0. The van der Waals surface area contributed by atoms with Gasteiger partial charge in [-0.2, -0.15) is 0 Å². The molecule has 1 aromatic heterocycles.